The van der Waals surface area contributed by atoms with Crippen molar-refractivity contribution in [2.75, 3.05) is 26.4 Å². The minimum Gasteiger partial charge on any atom is -0.348 e. The highest BCUT2D eigenvalue weighted by Crippen LogP contribution is 2.44. The van der Waals surface area contributed by atoms with Crippen LogP contribution >= 0.6 is 55.9 Å². The number of H-pyrrole nitrogens is 1. The Balaban J connectivity index is 0.000000139. The minimum atomic E-state index is -3.68. The number of aromatic amines is 1. The van der Waals surface area contributed by atoms with Crippen LogP contribution in [0.4, 0.5) is 0 Å². The second kappa shape index (κ2) is 18.0. The molecule has 0 bridgehead atoms. The maximum atomic E-state index is 13.1. The van der Waals surface area contributed by atoms with Crippen molar-refractivity contribution in [2.24, 2.45) is 0 Å². The molecule has 17 heteroatoms. The standard InChI is InChI=1S/C21H21IN2O4S.C15H17IN2O2.C6H5ClO2S/c22-19-14-24(29(25,26)17-4-2-1-3-5-17)20-18(19)12-16(13-23-20)15-6-8-21(9-7-15)27-10-11-28-21;16-13-9-18-14-12(13)7-11(8-17-14)10-1-3-15(4-2-10)19-5-6-20-15;7-10(8,9)6-4-2-1-3-5-6/h1-5,12-15H,6-11H2;7-10H,1-6H2,(H,17,18);1-5H. The topological polar surface area (TPSA) is 152 Å². The van der Waals surface area contributed by atoms with Gasteiger partial charge in [0.1, 0.15) is 5.65 Å². The maximum Gasteiger partial charge on any atom is 0.269 e. The molecule has 2 spiro atoms. The molecule has 2 aliphatic heterocycles. The molecule has 2 aliphatic carbocycles. The molecule has 6 aromatic rings. The zero-order chi connectivity index (χ0) is 41.3. The lowest BCUT2D eigenvalue weighted by molar-refractivity contribution is -0.179. The normalized spacial score (nSPS) is 20.4. The average Bonchev–Trinajstić information content (AvgIpc) is 4.07. The van der Waals surface area contributed by atoms with E-state index in [9.17, 15) is 16.8 Å². The molecule has 2 saturated carbocycles. The number of fused-ring (bicyclic) bond motifs is 2. The van der Waals surface area contributed by atoms with E-state index in [1.165, 1.54) is 30.6 Å². The summed E-state index contributed by atoms with van der Waals surface area (Å²) in [5, 5.41) is 2.10. The molecule has 1 N–H and O–H groups in total. The molecule has 0 amide bonds. The van der Waals surface area contributed by atoms with E-state index in [1.54, 1.807) is 54.7 Å². The molecule has 12 nitrogen and oxygen atoms in total. The van der Waals surface area contributed by atoms with Crippen LogP contribution in [-0.2, 0) is 38.0 Å². The summed E-state index contributed by atoms with van der Waals surface area (Å²) >= 11 is 4.54. The number of nitrogens with one attached hydrogen (secondary N) is 1. The first-order valence-electron chi connectivity index (χ1n) is 19.5. The fourth-order valence-electron chi connectivity index (χ4n) is 8.32. The number of benzene rings is 2. The molecule has 4 aliphatic rings. The largest absolute Gasteiger partial charge is 0.348 e. The molecular weight excluding hydrogens is 1040 g/mol. The van der Waals surface area contributed by atoms with Crippen LogP contribution in [0.5, 0.6) is 0 Å². The van der Waals surface area contributed by atoms with Crippen LogP contribution in [0.15, 0.2) is 107 Å². The quantitative estimate of drug-likeness (QED) is 0.131. The van der Waals surface area contributed by atoms with Crippen molar-refractivity contribution in [3.63, 3.8) is 0 Å². The summed E-state index contributed by atoms with van der Waals surface area (Å²) in [6.07, 6.45) is 15.5. The van der Waals surface area contributed by atoms with Crippen molar-refractivity contribution in [1.82, 2.24) is 18.9 Å². The smallest absolute Gasteiger partial charge is 0.269 e. The van der Waals surface area contributed by atoms with E-state index in [0.717, 1.165) is 84.7 Å². The van der Waals surface area contributed by atoms with Gasteiger partial charge in [0, 0.05) is 79.1 Å². The van der Waals surface area contributed by atoms with Gasteiger partial charge in [-0.2, -0.15) is 0 Å². The maximum absolute atomic E-state index is 13.1. The molecule has 6 heterocycles. The van der Waals surface area contributed by atoms with Crippen molar-refractivity contribution in [1.29, 1.82) is 0 Å². The molecule has 2 aromatic carbocycles. The molecular formula is C42H43ClI2N4O8S2. The predicted molar refractivity (Wildman–Crippen MR) is 241 cm³/mol. The summed E-state index contributed by atoms with van der Waals surface area (Å²) in [6, 6.07) is 20.7. The highest BCUT2D eigenvalue weighted by Gasteiger charge is 2.42. The Labute approximate surface area is 375 Å². The van der Waals surface area contributed by atoms with Gasteiger partial charge in [-0.25, -0.2) is 30.8 Å². The molecule has 4 aromatic heterocycles. The highest BCUT2D eigenvalue weighted by molar-refractivity contribution is 14.1. The fraction of sp³-hybridized carbons (Fsp3) is 0.381. The molecule has 59 heavy (non-hydrogen) atoms. The van der Waals surface area contributed by atoms with Gasteiger partial charge in [0.2, 0.25) is 0 Å². The Morgan fingerprint density at radius 2 is 1.14 bits per heavy atom. The molecule has 10 rings (SSSR count). The number of rotatable bonds is 5. The molecule has 4 fully saturated rings. The lowest BCUT2D eigenvalue weighted by atomic mass is 9.81. The van der Waals surface area contributed by atoms with Crippen LogP contribution < -0.4 is 0 Å². The van der Waals surface area contributed by atoms with Crippen LogP contribution in [0.25, 0.3) is 22.1 Å². The average molecular weight is 1090 g/mol. The third-order valence-electron chi connectivity index (χ3n) is 11.5. The Morgan fingerprint density at radius 3 is 1.63 bits per heavy atom. The number of halogens is 3. The Bertz CT molecular complexity index is 2610. The third-order valence-corrected chi connectivity index (χ3v) is 16.3. The van der Waals surface area contributed by atoms with Gasteiger partial charge in [0.05, 0.1) is 36.2 Å². The Kier molecular flexibility index (Phi) is 13.1. The van der Waals surface area contributed by atoms with Crippen molar-refractivity contribution >= 4 is 97.0 Å². The van der Waals surface area contributed by atoms with E-state index in [-0.39, 0.29) is 21.4 Å². The summed E-state index contributed by atoms with van der Waals surface area (Å²) in [5.74, 6) is 0.317. The third kappa shape index (κ3) is 9.55. The zero-order valence-corrected chi connectivity index (χ0v) is 38.6. The van der Waals surface area contributed by atoms with Gasteiger partial charge in [-0.3, -0.25) is 0 Å². The minimum absolute atomic E-state index is 0.136. The van der Waals surface area contributed by atoms with E-state index in [2.05, 4.69) is 72.3 Å². The van der Waals surface area contributed by atoms with Crippen molar-refractivity contribution in [3.8, 4) is 0 Å². The van der Waals surface area contributed by atoms with Gasteiger partial charge in [-0.1, -0.05) is 36.4 Å². The monoisotopic (exact) mass is 1080 g/mol. The fourth-order valence-corrected chi connectivity index (χ4v) is 11.9. The van der Waals surface area contributed by atoms with Gasteiger partial charge in [0.15, 0.2) is 17.2 Å². The van der Waals surface area contributed by atoms with Gasteiger partial charge in [-0.05, 0) is 130 Å². The van der Waals surface area contributed by atoms with Crippen LogP contribution in [0, 0.1) is 7.14 Å². The van der Waals surface area contributed by atoms with Gasteiger partial charge in [-0.15, -0.1) is 0 Å². The molecule has 2 saturated heterocycles. The summed E-state index contributed by atoms with van der Waals surface area (Å²) in [6.45, 7) is 2.86. The highest BCUT2D eigenvalue weighted by atomic mass is 127. The number of pyridine rings is 2. The molecule has 0 radical (unpaired) electrons. The summed E-state index contributed by atoms with van der Waals surface area (Å²) in [4.78, 5) is 12.7. The van der Waals surface area contributed by atoms with E-state index in [0.29, 0.717) is 30.7 Å². The Morgan fingerprint density at radius 1 is 0.661 bits per heavy atom. The summed E-state index contributed by atoms with van der Waals surface area (Å²) < 4.78 is 74.0. The second-order valence-corrected chi connectivity index (χ2v) is 21.8. The van der Waals surface area contributed by atoms with Gasteiger partial charge >= 0.3 is 0 Å². The van der Waals surface area contributed by atoms with E-state index < -0.39 is 19.1 Å². The lowest BCUT2D eigenvalue weighted by Gasteiger charge is -2.35. The first-order valence-corrected chi connectivity index (χ1v) is 25.4. The first kappa shape index (κ1) is 43.0. The van der Waals surface area contributed by atoms with Crippen LogP contribution in [0.2, 0.25) is 0 Å². The predicted octanol–water partition coefficient (Wildman–Crippen LogP) is 9.46. The SMILES string of the molecule is Ic1c[nH]c2ncc(C3CCC4(CC3)OCCO4)cc12.O=S(=O)(Cl)c1ccccc1.O=S(=O)(c1ccccc1)n1cc(I)c2cc(C3CCC4(CC3)OCCO4)cnc21. The summed E-state index contributed by atoms with van der Waals surface area (Å²) in [7, 11) is -2.18. The van der Waals surface area contributed by atoms with Crippen molar-refractivity contribution in [2.45, 2.75) is 84.6 Å². The number of aromatic nitrogens is 4. The van der Waals surface area contributed by atoms with Gasteiger partial charge in [0.25, 0.3) is 19.1 Å². The van der Waals surface area contributed by atoms with Crippen molar-refractivity contribution < 1.29 is 35.8 Å². The Hall–Kier alpha value is -2.69. The van der Waals surface area contributed by atoms with Crippen molar-refractivity contribution in [3.05, 3.63) is 116 Å². The molecule has 312 valence electrons. The number of ether oxygens (including phenoxy) is 4. The first-order chi connectivity index (χ1) is 28.3. The number of hydrogen-bond donors (Lipinski definition) is 1. The van der Waals surface area contributed by atoms with E-state index in [1.807, 2.05) is 18.6 Å². The molecule has 0 unspecified atom stereocenters. The van der Waals surface area contributed by atoms with Crippen LogP contribution in [-0.4, -0.2) is 73.8 Å². The van der Waals surface area contributed by atoms with Crippen LogP contribution in [0.3, 0.4) is 0 Å². The van der Waals surface area contributed by atoms with E-state index >= 15 is 0 Å². The van der Waals surface area contributed by atoms with E-state index in [4.69, 9.17) is 29.6 Å². The number of hydrogen-bond acceptors (Lipinski definition) is 10. The summed E-state index contributed by atoms with van der Waals surface area (Å²) in [5.41, 5.74) is 3.95. The zero-order valence-electron chi connectivity index (χ0n) is 31.9. The number of nitrogens with zero attached hydrogens (tertiary/aromatic N) is 3. The lowest BCUT2D eigenvalue weighted by Crippen LogP contribution is -2.34. The molecule has 0 atom stereocenters. The second-order valence-electron chi connectivity index (χ2n) is 15.0. The van der Waals surface area contributed by atoms with Crippen LogP contribution in [0.1, 0.15) is 74.3 Å². The van der Waals surface area contributed by atoms with Gasteiger partial charge < -0.3 is 23.9 Å².